The molecule has 0 spiro atoms. The molecule has 3 aliphatic rings. The van der Waals surface area contributed by atoms with Crippen LogP contribution in [0.1, 0.15) is 74.2 Å². The maximum Gasteiger partial charge on any atom is 0.437 e. The monoisotopic (exact) mass is 559 g/mol. The summed E-state index contributed by atoms with van der Waals surface area (Å²) >= 11 is 0. The van der Waals surface area contributed by atoms with E-state index in [0.29, 0.717) is 45.4 Å². The van der Waals surface area contributed by atoms with Crippen LogP contribution in [-0.2, 0) is 11.8 Å². The average Bonchev–Trinajstić information content (AvgIpc) is 3.32. The summed E-state index contributed by atoms with van der Waals surface area (Å²) in [6.07, 6.45) is 4.19. The number of aromatic nitrogens is 1. The Bertz CT molecular complexity index is 1240. The number of benzene rings is 1. The first-order valence-corrected chi connectivity index (χ1v) is 13.8. The Balaban J connectivity index is 0.00000181. The van der Waals surface area contributed by atoms with Gasteiger partial charge in [0.25, 0.3) is 11.9 Å². The number of piperidine rings is 2. The minimum Gasteiger partial charge on any atom is -0.417 e. The molecule has 2 N–H and O–H groups in total. The number of halogens is 3. The SMILES string of the molecule is CC.O=C(NC1=CN=C(N2CCC(O)(c3ccccc3)CC2)CC=C1)c1oc(N2CCCCC2)nc1C(F)(F)F. The second-order valence-corrected chi connectivity index (χ2v) is 9.79. The number of aliphatic imine (C=N–C) groups is 1. The third-order valence-electron chi connectivity index (χ3n) is 7.19. The number of aliphatic hydroxyl groups is 1. The number of amidine groups is 1. The Hall–Kier alpha value is -3.60. The van der Waals surface area contributed by atoms with Crippen LogP contribution in [0.3, 0.4) is 0 Å². The molecule has 1 amide bonds. The van der Waals surface area contributed by atoms with Gasteiger partial charge in [0.05, 0.1) is 17.5 Å². The molecule has 3 aliphatic heterocycles. The summed E-state index contributed by atoms with van der Waals surface area (Å²) in [6.45, 7) is 6.26. The quantitative estimate of drug-likeness (QED) is 0.505. The molecule has 0 saturated carbocycles. The predicted octanol–water partition coefficient (Wildman–Crippen LogP) is 5.62. The summed E-state index contributed by atoms with van der Waals surface area (Å²) in [6, 6.07) is 9.39. The predicted molar refractivity (Wildman–Crippen MR) is 147 cm³/mol. The van der Waals surface area contributed by atoms with E-state index in [-0.39, 0.29) is 11.7 Å². The van der Waals surface area contributed by atoms with Gasteiger partial charge in [0.1, 0.15) is 5.84 Å². The molecule has 8 nitrogen and oxygen atoms in total. The van der Waals surface area contributed by atoms with E-state index >= 15 is 0 Å². The molecule has 2 fully saturated rings. The van der Waals surface area contributed by atoms with Gasteiger partial charge in [0.15, 0.2) is 5.69 Å². The van der Waals surface area contributed by atoms with Crippen molar-refractivity contribution in [1.29, 1.82) is 0 Å². The second-order valence-electron chi connectivity index (χ2n) is 9.79. The number of nitrogens with one attached hydrogen (secondary N) is 1. The molecule has 1 aromatic carbocycles. The summed E-state index contributed by atoms with van der Waals surface area (Å²) in [5.74, 6) is -1.14. The molecule has 40 heavy (non-hydrogen) atoms. The highest BCUT2D eigenvalue weighted by molar-refractivity contribution is 5.94. The normalized spacial score (nSPS) is 19.1. The number of oxazole rings is 1. The van der Waals surface area contributed by atoms with Crippen molar-refractivity contribution in [3.05, 3.63) is 71.4 Å². The number of anilines is 1. The van der Waals surface area contributed by atoms with E-state index in [2.05, 4.69) is 20.2 Å². The van der Waals surface area contributed by atoms with Gasteiger partial charge in [-0.3, -0.25) is 4.79 Å². The molecule has 1 aromatic heterocycles. The van der Waals surface area contributed by atoms with Crippen molar-refractivity contribution in [3.63, 3.8) is 0 Å². The molecule has 2 saturated heterocycles. The molecule has 0 unspecified atom stereocenters. The van der Waals surface area contributed by atoms with E-state index in [1.807, 2.05) is 44.2 Å². The lowest BCUT2D eigenvalue weighted by Crippen LogP contribution is -2.45. The standard InChI is InChI=1S/C27H30F3N5O3.C2H6/c28-27(29,30)23-22(38-25(33-23)35-14-5-2-6-15-35)24(36)32-20-10-7-11-21(31-18-20)34-16-12-26(37,13-17-34)19-8-3-1-4-9-19;1-2/h1,3-4,7-10,18,37H,2,5-6,11-17H2,(H,32,36);1-2H3. The Morgan fingerprint density at radius 1 is 1.02 bits per heavy atom. The number of carbonyl (C=O) groups excluding carboxylic acids is 1. The van der Waals surface area contributed by atoms with E-state index in [0.717, 1.165) is 30.7 Å². The molecule has 0 aliphatic carbocycles. The highest BCUT2D eigenvalue weighted by atomic mass is 19.4. The maximum atomic E-state index is 13.7. The molecule has 0 bridgehead atoms. The zero-order valence-corrected chi connectivity index (χ0v) is 22.9. The van der Waals surface area contributed by atoms with Gasteiger partial charge in [-0.25, -0.2) is 4.99 Å². The smallest absolute Gasteiger partial charge is 0.417 e. The molecule has 0 radical (unpaired) electrons. The summed E-state index contributed by atoms with van der Waals surface area (Å²) < 4.78 is 46.3. The lowest BCUT2D eigenvalue weighted by molar-refractivity contribution is -0.141. The fourth-order valence-corrected chi connectivity index (χ4v) is 5.05. The number of likely N-dealkylation sites (tertiary alicyclic amines) is 1. The summed E-state index contributed by atoms with van der Waals surface area (Å²) in [5.41, 5.74) is -1.10. The average molecular weight is 560 g/mol. The molecular formula is C29H36F3N5O3. The number of alkyl halides is 3. The summed E-state index contributed by atoms with van der Waals surface area (Å²) in [7, 11) is 0. The number of carbonyl (C=O) groups is 1. The van der Waals surface area contributed by atoms with Gasteiger partial charge in [-0.15, -0.1) is 0 Å². The first kappa shape index (κ1) is 29.4. The third-order valence-corrected chi connectivity index (χ3v) is 7.19. The van der Waals surface area contributed by atoms with Crippen LogP contribution < -0.4 is 10.2 Å². The van der Waals surface area contributed by atoms with Crippen LogP contribution in [0, 0.1) is 0 Å². The molecule has 2 aromatic rings. The summed E-state index contributed by atoms with van der Waals surface area (Å²) in [4.78, 5) is 24.7. The van der Waals surface area contributed by atoms with Gasteiger partial charge in [-0.2, -0.15) is 18.2 Å². The lowest BCUT2D eigenvalue weighted by Gasteiger charge is -2.39. The van der Waals surface area contributed by atoms with Crippen LogP contribution >= 0.6 is 0 Å². The molecule has 0 atom stereocenters. The largest absolute Gasteiger partial charge is 0.437 e. The van der Waals surface area contributed by atoms with Gasteiger partial charge < -0.3 is 24.6 Å². The Morgan fingerprint density at radius 2 is 1.70 bits per heavy atom. The van der Waals surface area contributed by atoms with Gasteiger partial charge in [0.2, 0.25) is 5.76 Å². The first-order valence-electron chi connectivity index (χ1n) is 13.8. The van der Waals surface area contributed by atoms with Crippen molar-refractivity contribution < 1.29 is 27.5 Å². The highest BCUT2D eigenvalue weighted by Gasteiger charge is 2.42. The Morgan fingerprint density at radius 3 is 2.35 bits per heavy atom. The minimum atomic E-state index is -4.83. The van der Waals surface area contributed by atoms with Crippen molar-refractivity contribution in [2.75, 3.05) is 31.1 Å². The lowest BCUT2D eigenvalue weighted by atomic mass is 9.84. The van der Waals surface area contributed by atoms with Crippen molar-refractivity contribution in [2.24, 2.45) is 4.99 Å². The fraction of sp³-hybridized carbons (Fsp3) is 0.483. The zero-order chi connectivity index (χ0) is 28.8. The van der Waals surface area contributed by atoms with E-state index in [4.69, 9.17) is 4.42 Å². The number of rotatable bonds is 4. The van der Waals surface area contributed by atoms with Gasteiger partial charge in [-0.05, 0) is 43.7 Å². The molecular weight excluding hydrogens is 523 g/mol. The molecule has 216 valence electrons. The number of hydrogen-bond acceptors (Lipinski definition) is 7. The van der Waals surface area contributed by atoms with Crippen LogP contribution in [0.5, 0.6) is 0 Å². The van der Waals surface area contributed by atoms with Crippen LogP contribution in [-0.4, -0.2) is 52.9 Å². The van der Waals surface area contributed by atoms with Gasteiger partial charge in [0, 0.05) is 32.6 Å². The van der Waals surface area contributed by atoms with Gasteiger partial charge in [-0.1, -0.05) is 50.3 Å². The minimum absolute atomic E-state index is 0.187. The maximum absolute atomic E-state index is 13.7. The summed E-state index contributed by atoms with van der Waals surface area (Å²) in [5, 5.41) is 13.6. The first-order chi connectivity index (χ1) is 19.2. The van der Waals surface area contributed by atoms with E-state index in [1.165, 1.54) is 6.20 Å². The highest BCUT2D eigenvalue weighted by Crippen LogP contribution is 2.35. The Labute approximate surface area is 232 Å². The fourth-order valence-electron chi connectivity index (χ4n) is 5.05. The molecule has 5 rings (SSSR count). The number of hydrogen-bond donors (Lipinski definition) is 2. The Kier molecular flexibility index (Phi) is 9.34. The number of allylic oxidation sites excluding steroid dienone is 1. The van der Waals surface area contributed by atoms with E-state index < -0.39 is 29.1 Å². The van der Waals surface area contributed by atoms with Crippen molar-refractivity contribution in [3.8, 4) is 0 Å². The molecule has 4 heterocycles. The van der Waals surface area contributed by atoms with Crippen molar-refractivity contribution >= 4 is 17.8 Å². The van der Waals surface area contributed by atoms with Crippen molar-refractivity contribution in [1.82, 2.24) is 15.2 Å². The second kappa shape index (κ2) is 12.7. The number of nitrogens with zero attached hydrogens (tertiary/aromatic N) is 4. The number of amides is 1. The van der Waals surface area contributed by atoms with Crippen LogP contribution in [0.25, 0.3) is 0 Å². The van der Waals surface area contributed by atoms with Crippen LogP contribution in [0.15, 0.2) is 63.8 Å². The van der Waals surface area contributed by atoms with Crippen LogP contribution in [0.2, 0.25) is 0 Å². The van der Waals surface area contributed by atoms with E-state index in [9.17, 15) is 23.1 Å². The van der Waals surface area contributed by atoms with Crippen molar-refractivity contribution in [2.45, 2.75) is 64.1 Å². The topological polar surface area (TPSA) is 94.2 Å². The third kappa shape index (κ3) is 6.75. The zero-order valence-electron chi connectivity index (χ0n) is 22.9. The molecule has 11 heteroatoms. The van der Waals surface area contributed by atoms with Gasteiger partial charge >= 0.3 is 6.18 Å². The van der Waals surface area contributed by atoms with Crippen LogP contribution in [0.4, 0.5) is 19.2 Å². The van der Waals surface area contributed by atoms with E-state index in [1.54, 1.807) is 17.1 Å².